The van der Waals surface area contributed by atoms with Crippen molar-refractivity contribution in [3.63, 3.8) is 0 Å². The fraction of sp³-hybridized carbons (Fsp3) is 0.750. The highest BCUT2D eigenvalue weighted by molar-refractivity contribution is 7.99. The van der Waals surface area contributed by atoms with Crippen molar-refractivity contribution in [1.82, 2.24) is 19.8 Å². The highest BCUT2D eigenvalue weighted by atomic mass is 32.2. The Hall–Kier alpha value is -1.38. The minimum Gasteiger partial charge on any atom is -0.444 e. The maximum absolute atomic E-state index is 12.7. The standard InChI is InChI=1S/C20H32N4O3S/c1-20(2,3)27-19(25)24(14-7-8-14)13-16-11-15(23(4)5)12-17(26-16)28-18-21-9-6-10-22-18/h6,9-10,14-17H,7-8,11-13H2,1-5H3. The van der Waals surface area contributed by atoms with Gasteiger partial charge in [-0.15, -0.1) is 0 Å². The Balaban J connectivity index is 1.67. The van der Waals surface area contributed by atoms with E-state index in [9.17, 15) is 4.79 Å². The highest BCUT2D eigenvalue weighted by Gasteiger charge is 2.39. The van der Waals surface area contributed by atoms with Crippen molar-refractivity contribution in [1.29, 1.82) is 0 Å². The van der Waals surface area contributed by atoms with E-state index in [1.807, 2.05) is 31.7 Å². The van der Waals surface area contributed by atoms with Crippen molar-refractivity contribution >= 4 is 17.9 Å². The van der Waals surface area contributed by atoms with E-state index in [0.717, 1.165) is 30.8 Å². The van der Waals surface area contributed by atoms with Crippen molar-refractivity contribution in [3.05, 3.63) is 18.5 Å². The van der Waals surface area contributed by atoms with E-state index in [-0.39, 0.29) is 23.7 Å². The van der Waals surface area contributed by atoms with Gasteiger partial charge in [-0.3, -0.25) is 0 Å². The fourth-order valence-electron chi connectivity index (χ4n) is 3.33. The first kappa shape index (κ1) is 21.3. The van der Waals surface area contributed by atoms with Crippen LogP contribution >= 0.6 is 11.8 Å². The number of thioether (sulfide) groups is 1. The second kappa shape index (κ2) is 8.97. The van der Waals surface area contributed by atoms with Crippen LogP contribution in [0, 0.1) is 0 Å². The van der Waals surface area contributed by atoms with Crippen molar-refractivity contribution in [3.8, 4) is 0 Å². The van der Waals surface area contributed by atoms with Crippen LogP contribution in [0.2, 0.25) is 0 Å². The van der Waals surface area contributed by atoms with Gasteiger partial charge in [0.05, 0.1) is 12.6 Å². The molecule has 2 heterocycles. The van der Waals surface area contributed by atoms with Gasteiger partial charge in [-0.25, -0.2) is 14.8 Å². The van der Waals surface area contributed by atoms with Gasteiger partial charge in [-0.2, -0.15) is 0 Å². The van der Waals surface area contributed by atoms with Gasteiger partial charge in [-0.05, 0) is 66.6 Å². The monoisotopic (exact) mass is 408 g/mol. The molecule has 2 fully saturated rings. The predicted octanol–water partition coefficient (Wildman–Crippen LogP) is 3.40. The zero-order chi connectivity index (χ0) is 20.3. The van der Waals surface area contributed by atoms with Gasteiger partial charge in [0.1, 0.15) is 11.0 Å². The number of aromatic nitrogens is 2. The number of amides is 1. The van der Waals surface area contributed by atoms with Gasteiger partial charge in [-0.1, -0.05) is 11.8 Å². The van der Waals surface area contributed by atoms with Crippen molar-refractivity contribution in [2.45, 2.75) is 80.8 Å². The Bertz CT molecular complexity index is 649. The zero-order valence-corrected chi connectivity index (χ0v) is 18.3. The lowest BCUT2D eigenvalue weighted by molar-refractivity contribution is -0.0542. The summed E-state index contributed by atoms with van der Waals surface area (Å²) in [6.45, 7) is 6.28. The lowest BCUT2D eigenvalue weighted by Gasteiger charge is -2.40. The van der Waals surface area contributed by atoms with Crippen LogP contribution in [0.15, 0.2) is 23.6 Å². The molecule has 1 aromatic rings. The van der Waals surface area contributed by atoms with E-state index < -0.39 is 5.60 Å². The summed E-state index contributed by atoms with van der Waals surface area (Å²) in [5.74, 6) is 0. The number of ether oxygens (including phenoxy) is 2. The van der Waals surface area contributed by atoms with Gasteiger partial charge in [0.25, 0.3) is 0 Å². The Morgan fingerprint density at radius 1 is 1.21 bits per heavy atom. The molecule has 1 amide bonds. The average molecular weight is 409 g/mol. The third kappa shape index (κ3) is 6.32. The molecule has 28 heavy (non-hydrogen) atoms. The summed E-state index contributed by atoms with van der Waals surface area (Å²) in [5.41, 5.74) is -0.527. The molecule has 1 saturated carbocycles. The summed E-state index contributed by atoms with van der Waals surface area (Å²) in [6, 6.07) is 2.48. The molecule has 7 nitrogen and oxygen atoms in total. The van der Waals surface area contributed by atoms with Crippen LogP contribution in [0.5, 0.6) is 0 Å². The maximum Gasteiger partial charge on any atom is 0.410 e. The second-order valence-corrected chi connectivity index (χ2v) is 9.92. The van der Waals surface area contributed by atoms with E-state index in [1.165, 1.54) is 0 Å². The number of carbonyl (C=O) groups excluding carboxylic acids is 1. The van der Waals surface area contributed by atoms with Crippen LogP contribution in [-0.2, 0) is 9.47 Å². The summed E-state index contributed by atoms with van der Waals surface area (Å²) in [5, 5.41) is 0.719. The maximum atomic E-state index is 12.7. The van der Waals surface area contributed by atoms with Gasteiger partial charge < -0.3 is 19.3 Å². The molecule has 1 saturated heterocycles. The van der Waals surface area contributed by atoms with Crippen molar-refractivity contribution in [2.75, 3.05) is 20.6 Å². The minimum atomic E-state index is -0.493. The highest BCUT2D eigenvalue weighted by Crippen LogP contribution is 2.35. The zero-order valence-electron chi connectivity index (χ0n) is 17.5. The molecule has 3 unspecified atom stereocenters. The van der Waals surface area contributed by atoms with Gasteiger partial charge in [0, 0.05) is 24.5 Å². The number of hydrogen-bond donors (Lipinski definition) is 0. The van der Waals surface area contributed by atoms with Gasteiger partial charge >= 0.3 is 6.09 Å². The molecule has 0 N–H and O–H groups in total. The molecule has 0 radical (unpaired) electrons. The molecule has 1 aromatic heterocycles. The largest absolute Gasteiger partial charge is 0.444 e. The first-order valence-corrected chi connectivity index (χ1v) is 10.8. The number of hydrogen-bond acceptors (Lipinski definition) is 7. The van der Waals surface area contributed by atoms with Crippen LogP contribution in [0.1, 0.15) is 46.5 Å². The van der Waals surface area contributed by atoms with Crippen LogP contribution in [-0.4, -0.2) is 75.7 Å². The predicted molar refractivity (Wildman–Crippen MR) is 109 cm³/mol. The van der Waals surface area contributed by atoms with Gasteiger partial charge in [0.15, 0.2) is 5.16 Å². The smallest absolute Gasteiger partial charge is 0.410 e. The molecule has 3 rings (SSSR count). The molecule has 0 spiro atoms. The van der Waals surface area contributed by atoms with Crippen LogP contribution in [0.4, 0.5) is 4.79 Å². The minimum absolute atomic E-state index is 0.0320. The van der Waals surface area contributed by atoms with Crippen molar-refractivity contribution < 1.29 is 14.3 Å². The lowest BCUT2D eigenvalue weighted by Crippen LogP contribution is -2.48. The Morgan fingerprint density at radius 3 is 2.46 bits per heavy atom. The first-order valence-electron chi connectivity index (χ1n) is 9.96. The SMILES string of the molecule is CN(C)C1CC(CN(C(=O)OC(C)(C)C)C2CC2)OC(Sc2ncccn2)C1. The summed E-state index contributed by atoms with van der Waals surface area (Å²) < 4.78 is 12.0. The third-order valence-corrected chi connectivity index (χ3v) is 5.86. The van der Waals surface area contributed by atoms with Crippen molar-refractivity contribution in [2.24, 2.45) is 0 Å². The molecule has 8 heteroatoms. The summed E-state index contributed by atoms with van der Waals surface area (Å²) in [6.07, 6.45) is 7.11. The van der Waals surface area contributed by atoms with E-state index in [2.05, 4.69) is 29.0 Å². The normalized spacial score (nSPS) is 25.6. The topological polar surface area (TPSA) is 67.8 Å². The number of rotatable bonds is 6. The Kier molecular flexibility index (Phi) is 6.83. The first-order chi connectivity index (χ1) is 13.2. The molecule has 1 aliphatic heterocycles. The number of nitrogens with zero attached hydrogens (tertiary/aromatic N) is 4. The Morgan fingerprint density at radius 2 is 1.89 bits per heavy atom. The summed E-state index contributed by atoms with van der Waals surface area (Å²) in [4.78, 5) is 25.4. The molecule has 3 atom stereocenters. The van der Waals surface area contributed by atoms with E-state index >= 15 is 0 Å². The van der Waals surface area contributed by atoms with Crippen LogP contribution in [0.25, 0.3) is 0 Å². The van der Waals surface area contributed by atoms with E-state index in [0.29, 0.717) is 12.6 Å². The van der Waals surface area contributed by atoms with Gasteiger partial charge in [0.2, 0.25) is 0 Å². The molecule has 0 aromatic carbocycles. The molecule has 2 aliphatic rings. The van der Waals surface area contributed by atoms with Crippen LogP contribution in [0.3, 0.4) is 0 Å². The molecular formula is C20H32N4O3S. The van der Waals surface area contributed by atoms with E-state index in [1.54, 1.807) is 24.2 Å². The fourth-order valence-corrected chi connectivity index (χ4v) is 4.33. The lowest BCUT2D eigenvalue weighted by atomic mass is 10.0. The molecular weight excluding hydrogens is 376 g/mol. The molecule has 1 aliphatic carbocycles. The molecule has 156 valence electrons. The summed E-state index contributed by atoms with van der Waals surface area (Å²) in [7, 11) is 4.20. The average Bonchev–Trinajstić information content (AvgIpc) is 3.43. The number of carbonyl (C=O) groups is 1. The second-order valence-electron chi connectivity index (χ2n) is 8.79. The van der Waals surface area contributed by atoms with E-state index in [4.69, 9.17) is 9.47 Å². The summed E-state index contributed by atoms with van der Waals surface area (Å²) >= 11 is 1.55. The molecule has 0 bridgehead atoms. The quantitative estimate of drug-likeness (QED) is 0.668. The third-order valence-electron chi connectivity index (χ3n) is 4.87. The van der Waals surface area contributed by atoms with Crippen LogP contribution < -0.4 is 0 Å². The Labute approximate surface area is 172 Å².